The summed E-state index contributed by atoms with van der Waals surface area (Å²) in [7, 11) is 1.80. The molecule has 36 heavy (non-hydrogen) atoms. The van der Waals surface area contributed by atoms with Gasteiger partial charge in [0.05, 0.1) is 0 Å². The van der Waals surface area contributed by atoms with Crippen LogP contribution in [0.5, 0.6) is 5.75 Å². The van der Waals surface area contributed by atoms with Gasteiger partial charge in [-0.2, -0.15) is 0 Å². The zero-order valence-corrected chi connectivity index (χ0v) is 21.9. The minimum Gasteiger partial charge on any atom is -0.491 e. The lowest BCUT2D eigenvalue weighted by molar-refractivity contribution is -0.129. The van der Waals surface area contributed by atoms with Gasteiger partial charge in [-0.25, -0.2) is 9.97 Å². The number of nitrogens with zero attached hydrogens (tertiary/aromatic N) is 4. The lowest BCUT2D eigenvalue weighted by atomic mass is 9.99. The molecule has 2 saturated heterocycles. The number of benzene rings is 1. The van der Waals surface area contributed by atoms with Crippen LogP contribution in [-0.2, 0) is 16.0 Å². The monoisotopic (exact) mass is 497 g/mol. The molecular weight excluding hydrogens is 458 g/mol. The van der Waals surface area contributed by atoms with E-state index in [9.17, 15) is 9.90 Å². The van der Waals surface area contributed by atoms with Crippen LogP contribution in [0.25, 0.3) is 11.4 Å². The zero-order chi connectivity index (χ0) is 25.7. The van der Waals surface area contributed by atoms with Crippen LogP contribution < -0.4 is 15.0 Å². The first-order valence-electron chi connectivity index (χ1n) is 12.9. The first-order chi connectivity index (χ1) is 17.4. The van der Waals surface area contributed by atoms with Gasteiger partial charge >= 0.3 is 0 Å². The number of amides is 1. The van der Waals surface area contributed by atoms with Crippen molar-refractivity contribution in [3.63, 3.8) is 0 Å². The maximum Gasteiger partial charge on any atom is 0.219 e. The molecule has 0 saturated carbocycles. The van der Waals surface area contributed by atoms with E-state index < -0.39 is 6.10 Å². The largest absolute Gasteiger partial charge is 0.491 e. The molecule has 2 aliphatic heterocycles. The number of ether oxygens (including phenoxy) is 2. The van der Waals surface area contributed by atoms with E-state index in [0.29, 0.717) is 37.1 Å². The number of likely N-dealkylation sites (N-methyl/N-ethyl adjacent to an activating group) is 1. The first-order valence-corrected chi connectivity index (χ1v) is 12.9. The number of rotatable bonds is 9. The molecule has 0 radical (unpaired) electrons. The minimum absolute atomic E-state index is 0.111. The Morgan fingerprint density at radius 2 is 2.17 bits per heavy atom. The van der Waals surface area contributed by atoms with E-state index >= 15 is 0 Å². The van der Waals surface area contributed by atoms with E-state index in [1.807, 2.05) is 29.2 Å². The van der Waals surface area contributed by atoms with Crippen LogP contribution in [0.1, 0.15) is 31.5 Å². The summed E-state index contributed by atoms with van der Waals surface area (Å²) < 4.78 is 11.5. The Bertz CT molecular complexity index is 1040. The van der Waals surface area contributed by atoms with Gasteiger partial charge in [0.1, 0.15) is 24.3 Å². The predicted octanol–water partition coefficient (Wildman–Crippen LogP) is 2.05. The van der Waals surface area contributed by atoms with Gasteiger partial charge in [-0.3, -0.25) is 4.79 Å². The molecule has 1 aromatic heterocycles. The number of hydrogen-bond donors (Lipinski definition) is 2. The standard InChI is InChI=1S/C27H39N5O4/c1-18-15-31(20(3)33)9-10-32(18)27-19(2)25(12-21-8-11-35-16-21)29-26(30-27)22-6-5-7-24(13-22)36-17-23(34)14-28-4/h5-7,13,18,21,23,28,34H,8-12,14-17H2,1-4H3/t18-,21?,23?/m1/s1. The summed E-state index contributed by atoms with van der Waals surface area (Å²) in [6.45, 7) is 10.2. The molecule has 196 valence electrons. The molecule has 0 bridgehead atoms. The Balaban J connectivity index is 1.65. The second-order valence-electron chi connectivity index (χ2n) is 9.93. The third-order valence-corrected chi connectivity index (χ3v) is 7.05. The lowest BCUT2D eigenvalue weighted by Gasteiger charge is -2.41. The number of carbonyl (C=O) groups excluding carboxylic acids is 1. The average Bonchev–Trinajstić information content (AvgIpc) is 3.38. The molecule has 0 aliphatic carbocycles. The summed E-state index contributed by atoms with van der Waals surface area (Å²) in [5.41, 5.74) is 3.01. The predicted molar refractivity (Wildman–Crippen MR) is 139 cm³/mol. The average molecular weight is 498 g/mol. The Kier molecular flexibility index (Phi) is 8.77. The fourth-order valence-corrected chi connectivity index (χ4v) is 4.95. The van der Waals surface area contributed by atoms with Gasteiger partial charge in [0.2, 0.25) is 5.91 Å². The highest BCUT2D eigenvalue weighted by atomic mass is 16.5. The Labute approximate surface area is 213 Å². The van der Waals surface area contributed by atoms with Crippen LogP contribution in [0.15, 0.2) is 24.3 Å². The number of aliphatic hydroxyl groups is 1. The maximum absolute atomic E-state index is 11.9. The van der Waals surface area contributed by atoms with Crippen molar-refractivity contribution in [1.29, 1.82) is 0 Å². The summed E-state index contributed by atoms with van der Waals surface area (Å²) in [5, 5.41) is 13.0. The minimum atomic E-state index is -0.587. The third-order valence-electron chi connectivity index (χ3n) is 7.05. The highest BCUT2D eigenvalue weighted by molar-refractivity contribution is 5.73. The number of aliphatic hydroxyl groups excluding tert-OH is 1. The summed E-state index contributed by atoms with van der Waals surface area (Å²) in [5.74, 6) is 2.82. The second-order valence-corrected chi connectivity index (χ2v) is 9.93. The molecule has 3 atom stereocenters. The molecule has 3 heterocycles. The third kappa shape index (κ3) is 6.32. The molecule has 2 N–H and O–H groups in total. The van der Waals surface area contributed by atoms with Crippen LogP contribution in [-0.4, -0.2) is 91.1 Å². The smallest absolute Gasteiger partial charge is 0.219 e. The van der Waals surface area contributed by atoms with Crippen LogP contribution >= 0.6 is 0 Å². The maximum atomic E-state index is 11.9. The van der Waals surface area contributed by atoms with Crippen molar-refractivity contribution < 1.29 is 19.4 Å². The zero-order valence-electron chi connectivity index (χ0n) is 21.9. The van der Waals surface area contributed by atoms with Crippen molar-refractivity contribution >= 4 is 11.7 Å². The second kappa shape index (κ2) is 12.0. The van der Waals surface area contributed by atoms with Crippen LogP contribution in [0.3, 0.4) is 0 Å². The number of hydrogen-bond acceptors (Lipinski definition) is 8. The number of nitrogens with one attached hydrogen (secondary N) is 1. The van der Waals surface area contributed by atoms with Gasteiger partial charge in [0.15, 0.2) is 5.82 Å². The molecule has 1 aromatic carbocycles. The molecule has 9 heteroatoms. The van der Waals surface area contributed by atoms with Gasteiger partial charge in [-0.1, -0.05) is 12.1 Å². The van der Waals surface area contributed by atoms with Crippen molar-refractivity contribution in [2.24, 2.45) is 5.92 Å². The molecule has 2 fully saturated rings. The lowest BCUT2D eigenvalue weighted by Crippen LogP contribution is -2.53. The van der Waals surface area contributed by atoms with Crippen molar-refractivity contribution in [3.8, 4) is 17.1 Å². The van der Waals surface area contributed by atoms with Crippen LogP contribution in [0.2, 0.25) is 0 Å². The summed E-state index contributed by atoms with van der Waals surface area (Å²) in [6, 6.07) is 7.88. The molecule has 0 spiro atoms. The summed E-state index contributed by atoms with van der Waals surface area (Å²) in [4.78, 5) is 26.2. The Hall–Kier alpha value is -2.75. The topological polar surface area (TPSA) is 100 Å². The van der Waals surface area contributed by atoms with E-state index in [4.69, 9.17) is 19.4 Å². The van der Waals surface area contributed by atoms with Gasteiger partial charge in [0.25, 0.3) is 0 Å². The number of aromatic nitrogens is 2. The van der Waals surface area contributed by atoms with Gasteiger partial charge in [-0.05, 0) is 51.8 Å². The quantitative estimate of drug-likeness (QED) is 0.543. The molecule has 2 aliphatic rings. The highest BCUT2D eigenvalue weighted by Crippen LogP contribution is 2.31. The number of carbonyl (C=O) groups is 1. The molecule has 9 nitrogen and oxygen atoms in total. The van der Waals surface area contributed by atoms with E-state index in [2.05, 4.69) is 24.1 Å². The summed E-state index contributed by atoms with van der Waals surface area (Å²) >= 11 is 0. The number of piperazine rings is 1. The van der Waals surface area contributed by atoms with Gasteiger partial charge < -0.3 is 29.7 Å². The first kappa shape index (κ1) is 26.3. The van der Waals surface area contributed by atoms with E-state index in [0.717, 1.165) is 55.2 Å². The van der Waals surface area contributed by atoms with E-state index in [-0.39, 0.29) is 18.6 Å². The molecule has 1 amide bonds. The SMILES string of the molecule is CNCC(O)COc1cccc(-c2nc(CC3CCOC3)c(C)c(N3CCN(C(C)=O)C[C@H]3C)n2)c1. The highest BCUT2D eigenvalue weighted by Gasteiger charge is 2.29. The van der Waals surface area contributed by atoms with Crippen molar-refractivity contribution in [2.75, 3.05) is 57.9 Å². The van der Waals surface area contributed by atoms with Crippen molar-refractivity contribution in [1.82, 2.24) is 20.2 Å². The Morgan fingerprint density at radius 3 is 2.86 bits per heavy atom. The van der Waals surface area contributed by atoms with Crippen molar-refractivity contribution in [2.45, 2.75) is 45.8 Å². The molecule has 4 rings (SSSR count). The molecule has 2 unspecified atom stereocenters. The van der Waals surface area contributed by atoms with Crippen LogP contribution in [0, 0.1) is 12.8 Å². The van der Waals surface area contributed by atoms with E-state index in [1.54, 1.807) is 14.0 Å². The fraction of sp³-hybridized carbons (Fsp3) is 0.593. The normalized spacial score (nSPS) is 21.0. The molecule has 2 aromatic rings. The Morgan fingerprint density at radius 1 is 1.33 bits per heavy atom. The van der Waals surface area contributed by atoms with Gasteiger partial charge in [-0.15, -0.1) is 0 Å². The fourth-order valence-electron chi connectivity index (χ4n) is 4.95. The van der Waals surface area contributed by atoms with Crippen LogP contribution in [0.4, 0.5) is 5.82 Å². The number of anilines is 1. The van der Waals surface area contributed by atoms with E-state index in [1.165, 1.54) is 0 Å². The van der Waals surface area contributed by atoms with Gasteiger partial charge in [0, 0.05) is 69.2 Å². The molecular formula is C27H39N5O4. The van der Waals surface area contributed by atoms with Crippen molar-refractivity contribution in [3.05, 3.63) is 35.5 Å². The summed E-state index contributed by atoms with van der Waals surface area (Å²) in [6.07, 6.45) is 1.30.